The average molecular weight is 138 g/mol. The van der Waals surface area contributed by atoms with E-state index < -0.39 is 0 Å². The van der Waals surface area contributed by atoms with Crippen molar-refractivity contribution in [1.29, 1.82) is 0 Å². The second-order valence-corrected chi connectivity index (χ2v) is 1.20. The van der Waals surface area contributed by atoms with Crippen LogP contribution in [0.5, 0.6) is 0 Å². The van der Waals surface area contributed by atoms with Crippen LogP contribution in [0.3, 0.4) is 0 Å². The van der Waals surface area contributed by atoms with Crippen molar-refractivity contribution in [3.8, 4) is 0 Å². The Morgan fingerprint density at radius 2 is 1.67 bits per heavy atom. The Labute approximate surface area is 52.6 Å². The van der Waals surface area contributed by atoms with Crippen LogP contribution in [0.1, 0.15) is 0 Å². The maximum atomic E-state index is 8.14. The molecular weight excluding hydrogens is 128 g/mol. The molecule has 0 aliphatic rings. The fraction of sp³-hybridized carbons (Fsp3) is 1.00. The van der Waals surface area contributed by atoms with Crippen LogP contribution in [0.15, 0.2) is 0 Å². The van der Waals surface area contributed by atoms with Gasteiger partial charge in [-0.15, -0.1) is 0 Å². The summed E-state index contributed by atoms with van der Waals surface area (Å²) >= 11 is 0. The molecule has 5 nitrogen and oxygen atoms in total. The predicted octanol–water partition coefficient (Wildman–Crippen LogP) is -0.583. The molecule has 5 heteroatoms. The highest BCUT2D eigenvalue weighted by atomic mass is 17.2. The zero-order chi connectivity index (χ0) is 6.95. The van der Waals surface area contributed by atoms with Gasteiger partial charge in [0.1, 0.15) is 19.8 Å². The predicted molar refractivity (Wildman–Crippen MR) is 27.6 cm³/mol. The molecule has 0 saturated carbocycles. The minimum Gasteiger partial charge on any atom is -0.394 e. The van der Waals surface area contributed by atoms with Gasteiger partial charge >= 0.3 is 0 Å². The van der Waals surface area contributed by atoms with Crippen LogP contribution in [0.2, 0.25) is 0 Å². The Morgan fingerprint density at radius 1 is 1.00 bits per heavy atom. The van der Waals surface area contributed by atoms with E-state index in [0.29, 0.717) is 0 Å². The Morgan fingerprint density at radius 3 is 2.22 bits per heavy atom. The first kappa shape index (κ1) is 8.80. The fourth-order valence-electron chi connectivity index (χ4n) is 0.226. The topological polar surface area (TPSA) is 68.2 Å². The molecule has 9 heavy (non-hydrogen) atoms. The summed E-state index contributed by atoms with van der Waals surface area (Å²) in [6.07, 6.45) is 0. The van der Waals surface area contributed by atoms with Crippen molar-refractivity contribution < 1.29 is 25.0 Å². The van der Waals surface area contributed by atoms with E-state index in [1.807, 2.05) is 0 Å². The SMILES string of the molecule is OCCOOCCOO. The molecule has 56 valence electrons. The van der Waals surface area contributed by atoms with Gasteiger partial charge in [0.2, 0.25) is 0 Å². The molecule has 0 heterocycles. The van der Waals surface area contributed by atoms with Crippen molar-refractivity contribution >= 4 is 0 Å². The quantitative estimate of drug-likeness (QED) is 0.292. The molecular formula is C4H10O5. The highest BCUT2D eigenvalue weighted by Crippen LogP contribution is 1.76. The summed E-state index contributed by atoms with van der Waals surface area (Å²) in [6.45, 7) is 0.257. The molecule has 0 aliphatic heterocycles. The van der Waals surface area contributed by atoms with Gasteiger partial charge < -0.3 is 5.11 Å². The number of aliphatic hydroxyl groups is 1. The molecule has 0 atom stereocenters. The van der Waals surface area contributed by atoms with E-state index in [4.69, 9.17) is 10.4 Å². The summed E-state index contributed by atoms with van der Waals surface area (Å²) in [5.41, 5.74) is 0. The molecule has 0 aliphatic carbocycles. The molecule has 0 unspecified atom stereocenters. The molecule has 0 radical (unpaired) electrons. The Balaban J connectivity index is 2.60. The highest BCUT2D eigenvalue weighted by molar-refractivity contribution is 4.17. The monoisotopic (exact) mass is 138 g/mol. The maximum absolute atomic E-state index is 8.14. The van der Waals surface area contributed by atoms with Crippen LogP contribution in [0.4, 0.5) is 0 Å². The van der Waals surface area contributed by atoms with Gasteiger partial charge in [0.05, 0.1) is 6.61 Å². The molecule has 0 aromatic rings. The average Bonchev–Trinajstić information content (AvgIpc) is 1.89. The lowest BCUT2D eigenvalue weighted by Gasteiger charge is -1.98. The van der Waals surface area contributed by atoms with Crippen molar-refractivity contribution in [2.24, 2.45) is 0 Å². The zero-order valence-corrected chi connectivity index (χ0v) is 4.95. The van der Waals surface area contributed by atoms with Crippen LogP contribution in [-0.2, 0) is 14.7 Å². The van der Waals surface area contributed by atoms with Crippen LogP contribution in [0, 0.1) is 0 Å². The minimum atomic E-state index is -0.0834. The zero-order valence-electron chi connectivity index (χ0n) is 4.95. The summed E-state index contributed by atoms with van der Waals surface area (Å²) < 4.78 is 0. The van der Waals surface area contributed by atoms with Crippen molar-refractivity contribution in [3.05, 3.63) is 0 Å². The van der Waals surface area contributed by atoms with Crippen molar-refractivity contribution in [2.45, 2.75) is 0 Å². The van der Waals surface area contributed by atoms with E-state index in [0.717, 1.165) is 0 Å². The molecule has 0 saturated heterocycles. The number of hydrogen-bond donors (Lipinski definition) is 2. The Bertz CT molecular complexity index is 42.2. The van der Waals surface area contributed by atoms with Crippen LogP contribution in [-0.4, -0.2) is 36.8 Å². The van der Waals surface area contributed by atoms with Crippen molar-refractivity contribution in [2.75, 3.05) is 26.4 Å². The van der Waals surface area contributed by atoms with Gasteiger partial charge in [-0.2, -0.15) is 0 Å². The summed E-state index contributed by atoms with van der Waals surface area (Å²) in [5, 5.41) is 15.9. The van der Waals surface area contributed by atoms with Crippen LogP contribution >= 0.6 is 0 Å². The molecule has 0 aromatic heterocycles. The molecule has 0 bridgehead atoms. The van der Waals surface area contributed by atoms with Gasteiger partial charge in [0, 0.05) is 0 Å². The maximum Gasteiger partial charge on any atom is 0.109 e. The van der Waals surface area contributed by atoms with Gasteiger partial charge in [-0.1, -0.05) is 0 Å². The highest BCUT2D eigenvalue weighted by Gasteiger charge is 1.86. The normalized spacial score (nSPS) is 10.0. The van der Waals surface area contributed by atoms with Gasteiger partial charge in [-0.05, 0) is 0 Å². The van der Waals surface area contributed by atoms with E-state index in [1.165, 1.54) is 0 Å². The van der Waals surface area contributed by atoms with Crippen LogP contribution < -0.4 is 0 Å². The lowest BCUT2D eigenvalue weighted by atomic mass is 10.8. The number of rotatable bonds is 6. The second-order valence-electron chi connectivity index (χ2n) is 1.20. The lowest BCUT2D eigenvalue weighted by Crippen LogP contribution is -2.05. The summed E-state index contributed by atoms with van der Waals surface area (Å²) in [7, 11) is 0. The van der Waals surface area contributed by atoms with E-state index >= 15 is 0 Å². The molecule has 2 N–H and O–H groups in total. The molecule has 0 fully saturated rings. The van der Waals surface area contributed by atoms with E-state index in [1.54, 1.807) is 0 Å². The van der Waals surface area contributed by atoms with E-state index in [2.05, 4.69) is 14.7 Å². The van der Waals surface area contributed by atoms with Gasteiger partial charge in [-0.25, -0.2) is 14.7 Å². The van der Waals surface area contributed by atoms with Gasteiger partial charge in [0.25, 0.3) is 0 Å². The summed E-state index contributed by atoms with van der Waals surface area (Å²) in [6, 6.07) is 0. The fourth-order valence-corrected chi connectivity index (χ4v) is 0.226. The molecule has 0 amide bonds. The summed E-state index contributed by atoms with van der Waals surface area (Å²) in [5.74, 6) is 0. The third-order valence-corrected chi connectivity index (χ3v) is 0.516. The third-order valence-electron chi connectivity index (χ3n) is 0.516. The number of aliphatic hydroxyl groups excluding tert-OH is 1. The number of hydrogen-bond acceptors (Lipinski definition) is 5. The largest absolute Gasteiger partial charge is 0.394 e. The van der Waals surface area contributed by atoms with Gasteiger partial charge in [-0.3, -0.25) is 5.26 Å². The first-order valence-electron chi connectivity index (χ1n) is 2.53. The minimum absolute atomic E-state index is 0.0609. The summed E-state index contributed by atoms with van der Waals surface area (Å²) in [4.78, 5) is 12.4. The van der Waals surface area contributed by atoms with Crippen molar-refractivity contribution in [1.82, 2.24) is 0 Å². The Hall–Kier alpha value is -0.200. The molecule has 0 aromatic carbocycles. The van der Waals surface area contributed by atoms with E-state index in [-0.39, 0.29) is 26.4 Å². The first-order valence-corrected chi connectivity index (χ1v) is 2.53. The first-order chi connectivity index (χ1) is 4.41. The smallest absolute Gasteiger partial charge is 0.109 e. The molecule has 0 spiro atoms. The Kier molecular flexibility index (Phi) is 7.63. The van der Waals surface area contributed by atoms with E-state index in [9.17, 15) is 0 Å². The molecule has 0 rings (SSSR count). The van der Waals surface area contributed by atoms with Crippen LogP contribution in [0.25, 0.3) is 0 Å². The third kappa shape index (κ3) is 7.80. The lowest BCUT2D eigenvalue weighted by molar-refractivity contribution is -0.326. The standard InChI is InChI=1S/C4H10O5/c5-1-2-8-9-4-3-7-6/h5-6H,1-4H2. The van der Waals surface area contributed by atoms with Crippen molar-refractivity contribution in [3.63, 3.8) is 0 Å². The van der Waals surface area contributed by atoms with Gasteiger partial charge in [0.15, 0.2) is 0 Å². The second kappa shape index (κ2) is 7.80.